The molecule has 0 saturated carbocycles. The average Bonchev–Trinajstić information content (AvgIpc) is 2.84. The summed E-state index contributed by atoms with van der Waals surface area (Å²) in [5.74, 6) is -0.531. The van der Waals surface area contributed by atoms with Crippen LogP contribution >= 0.6 is 0 Å². The first kappa shape index (κ1) is 13.3. The van der Waals surface area contributed by atoms with Crippen LogP contribution in [0.5, 0.6) is 0 Å². The van der Waals surface area contributed by atoms with Gasteiger partial charge in [-0.25, -0.2) is 4.39 Å². The van der Waals surface area contributed by atoms with E-state index in [-0.39, 0.29) is 11.7 Å². The molecule has 1 N–H and O–H groups in total. The third kappa shape index (κ3) is 2.63. The highest BCUT2D eigenvalue weighted by Gasteiger charge is 2.15. The average molecular weight is 283 g/mol. The van der Waals surface area contributed by atoms with Crippen LogP contribution < -0.4 is 5.32 Å². The van der Waals surface area contributed by atoms with Crippen molar-refractivity contribution in [1.82, 2.24) is 15.1 Å². The third-order valence-corrected chi connectivity index (χ3v) is 3.34. The maximum Gasteiger partial charge on any atom is 0.272 e. The van der Waals surface area contributed by atoms with Crippen LogP contribution in [-0.4, -0.2) is 15.7 Å². The van der Waals surface area contributed by atoms with E-state index in [9.17, 15) is 9.18 Å². The predicted octanol–water partition coefficient (Wildman–Crippen LogP) is 2.64. The SMILES string of the molecule is Cn1nc(C(=O)NCc2ccc(F)cc2)c2ccccc21. The van der Waals surface area contributed by atoms with E-state index in [0.717, 1.165) is 16.5 Å². The zero-order valence-electron chi connectivity index (χ0n) is 11.5. The summed E-state index contributed by atoms with van der Waals surface area (Å²) in [4.78, 5) is 12.3. The van der Waals surface area contributed by atoms with Gasteiger partial charge in [-0.3, -0.25) is 9.48 Å². The van der Waals surface area contributed by atoms with Crippen molar-refractivity contribution in [3.8, 4) is 0 Å². The van der Waals surface area contributed by atoms with Crippen LogP contribution in [0.4, 0.5) is 4.39 Å². The quantitative estimate of drug-likeness (QED) is 0.803. The van der Waals surface area contributed by atoms with Gasteiger partial charge in [0.2, 0.25) is 0 Å². The molecule has 3 aromatic rings. The minimum atomic E-state index is -0.291. The summed E-state index contributed by atoms with van der Waals surface area (Å²) in [7, 11) is 1.80. The van der Waals surface area contributed by atoms with Gasteiger partial charge in [-0.15, -0.1) is 0 Å². The summed E-state index contributed by atoms with van der Waals surface area (Å²) in [6.45, 7) is 0.337. The Hall–Kier alpha value is -2.69. The molecule has 0 radical (unpaired) electrons. The molecule has 0 fully saturated rings. The molecule has 4 nitrogen and oxygen atoms in total. The number of aryl methyl sites for hydroxylation is 1. The summed E-state index contributed by atoms with van der Waals surface area (Å²) < 4.78 is 14.5. The van der Waals surface area contributed by atoms with Crippen molar-refractivity contribution < 1.29 is 9.18 Å². The molecule has 0 aliphatic carbocycles. The highest BCUT2D eigenvalue weighted by molar-refractivity contribution is 6.04. The first-order valence-corrected chi connectivity index (χ1v) is 6.59. The second kappa shape index (κ2) is 5.36. The lowest BCUT2D eigenvalue weighted by molar-refractivity contribution is 0.0947. The fraction of sp³-hybridized carbons (Fsp3) is 0.125. The Morgan fingerprint density at radius 1 is 1.19 bits per heavy atom. The van der Waals surface area contributed by atoms with Gasteiger partial charge in [-0.05, 0) is 23.8 Å². The predicted molar refractivity (Wildman–Crippen MR) is 78.3 cm³/mol. The summed E-state index contributed by atoms with van der Waals surface area (Å²) in [6, 6.07) is 13.6. The molecule has 106 valence electrons. The van der Waals surface area contributed by atoms with E-state index in [2.05, 4.69) is 10.4 Å². The highest BCUT2D eigenvalue weighted by Crippen LogP contribution is 2.17. The molecule has 0 aliphatic heterocycles. The van der Waals surface area contributed by atoms with Crippen LogP contribution in [0.1, 0.15) is 16.1 Å². The van der Waals surface area contributed by atoms with Gasteiger partial charge < -0.3 is 5.32 Å². The molecule has 0 unspecified atom stereocenters. The molecule has 1 aromatic heterocycles. The van der Waals surface area contributed by atoms with E-state index in [1.807, 2.05) is 24.3 Å². The van der Waals surface area contributed by atoms with Crippen molar-refractivity contribution in [1.29, 1.82) is 0 Å². The van der Waals surface area contributed by atoms with Crippen LogP contribution in [0.3, 0.4) is 0 Å². The molecule has 3 rings (SSSR count). The Bertz CT molecular complexity index is 793. The zero-order valence-corrected chi connectivity index (χ0v) is 11.5. The van der Waals surface area contributed by atoms with Crippen LogP contribution in [0.15, 0.2) is 48.5 Å². The number of carbonyl (C=O) groups excluding carboxylic acids is 1. The monoisotopic (exact) mass is 283 g/mol. The molecule has 2 aromatic carbocycles. The molecule has 1 heterocycles. The zero-order chi connectivity index (χ0) is 14.8. The van der Waals surface area contributed by atoms with E-state index < -0.39 is 0 Å². The number of hydrogen-bond donors (Lipinski definition) is 1. The Kier molecular flexibility index (Phi) is 3.39. The minimum Gasteiger partial charge on any atom is -0.347 e. The van der Waals surface area contributed by atoms with Crippen molar-refractivity contribution in [2.75, 3.05) is 0 Å². The van der Waals surface area contributed by atoms with Gasteiger partial charge in [0, 0.05) is 19.0 Å². The molecule has 0 aliphatic rings. The lowest BCUT2D eigenvalue weighted by atomic mass is 10.2. The number of hydrogen-bond acceptors (Lipinski definition) is 2. The van der Waals surface area contributed by atoms with Gasteiger partial charge in [0.1, 0.15) is 5.82 Å². The minimum absolute atomic E-state index is 0.240. The number of benzene rings is 2. The topological polar surface area (TPSA) is 46.9 Å². The van der Waals surface area contributed by atoms with E-state index >= 15 is 0 Å². The van der Waals surface area contributed by atoms with Crippen molar-refractivity contribution in [2.45, 2.75) is 6.54 Å². The first-order chi connectivity index (χ1) is 10.1. The maximum absolute atomic E-state index is 12.8. The highest BCUT2D eigenvalue weighted by atomic mass is 19.1. The maximum atomic E-state index is 12.8. The van der Waals surface area contributed by atoms with Crippen LogP contribution in [0, 0.1) is 5.82 Å². The first-order valence-electron chi connectivity index (χ1n) is 6.59. The molecule has 1 amide bonds. The van der Waals surface area contributed by atoms with Crippen molar-refractivity contribution in [3.63, 3.8) is 0 Å². The van der Waals surface area contributed by atoms with Gasteiger partial charge >= 0.3 is 0 Å². The van der Waals surface area contributed by atoms with Crippen LogP contribution in [0.2, 0.25) is 0 Å². The standard InChI is InChI=1S/C16H14FN3O/c1-20-14-5-3-2-4-13(14)15(19-20)16(21)18-10-11-6-8-12(17)9-7-11/h2-9H,10H2,1H3,(H,18,21). The van der Waals surface area contributed by atoms with Crippen LogP contribution in [-0.2, 0) is 13.6 Å². The lowest BCUT2D eigenvalue weighted by Crippen LogP contribution is -2.23. The fourth-order valence-electron chi connectivity index (χ4n) is 2.25. The molecular formula is C16H14FN3O. The molecule has 0 spiro atoms. The third-order valence-electron chi connectivity index (χ3n) is 3.34. The normalized spacial score (nSPS) is 10.8. The van der Waals surface area contributed by atoms with Gasteiger partial charge in [0.15, 0.2) is 5.69 Å². The van der Waals surface area contributed by atoms with Crippen LogP contribution in [0.25, 0.3) is 10.9 Å². The largest absolute Gasteiger partial charge is 0.347 e. The Morgan fingerprint density at radius 2 is 1.90 bits per heavy atom. The van der Waals surface area contributed by atoms with Gasteiger partial charge in [0.05, 0.1) is 5.52 Å². The summed E-state index contributed by atoms with van der Waals surface area (Å²) in [5, 5.41) is 7.88. The number of nitrogens with one attached hydrogen (secondary N) is 1. The Labute approximate surface area is 121 Å². The second-order valence-electron chi connectivity index (χ2n) is 4.80. The van der Waals surface area contributed by atoms with Crippen molar-refractivity contribution in [3.05, 3.63) is 65.6 Å². The van der Waals surface area contributed by atoms with E-state index in [4.69, 9.17) is 0 Å². The molecule has 0 saturated heterocycles. The van der Waals surface area contributed by atoms with E-state index in [0.29, 0.717) is 12.2 Å². The number of rotatable bonds is 3. The smallest absolute Gasteiger partial charge is 0.272 e. The van der Waals surface area contributed by atoms with Gasteiger partial charge in [0.25, 0.3) is 5.91 Å². The second-order valence-corrected chi connectivity index (χ2v) is 4.80. The summed E-state index contributed by atoms with van der Waals surface area (Å²) in [6.07, 6.45) is 0. The molecule has 0 atom stereocenters. The van der Waals surface area contributed by atoms with Crippen molar-refractivity contribution in [2.24, 2.45) is 7.05 Å². The molecule has 5 heteroatoms. The molecule has 0 bridgehead atoms. The number of aromatic nitrogens is 2. The van der Waals surface area contributed by atoms with Crippen molar-refractivity contribution >= 4 is 16.8 Å². The number of nitrogens with zero attached hydrogens (tertiary/aromatic N) is 2. The van der Waals surface area contributed by atoms with Gasteiger partial charge in [-0.1, -0.05) is 30.3 Å². The number of carbonyl (C=O) groups is 1. The van der Waals surface area contributed by atoms with Gasteiger partial charge in [-0.2, -0.15) is 5.10 Å². The number of halogens is 1. The van der Waals surface area contributed by atoms with E-state index in [1.54, 1.807) is 23.9 Å². The Balaban J connectivity index is 1.79. The van der Waals surface area contributed by atoms with E-state index in [1.165, 1.54) is 12.1 Å². The number of para-hydroxylation sites is 1. The summed E-state index contributed by atoms with van der Waals surface area (Å²) >= 11 is 0. The fourth-order valence-corrected chi connectivity index (χ4v) is 2.25. The molecule has 21 heavy (non-hydrogen) atoms. The Morgan fingerprint density at radius 3 is 2.67 bits per heavy atom. The number of amides is 1. The number of fused-ring (bicyclic) bond motifs is 1. The summed E-state index contributed by atoms with van der Waals surface area (Å²) in [5.41, 5.74) is 2.14. The molecular weight excluding hydrogens is 269 g/mol. The lowest BCUT2D eigenvalue weighted by Gasteiger charge is -2.03.